The monoisotopic (exact) mass is 278 g/mol. The quantitative estimate of drug-likeness (QED) is 0.872. The highest BCUT2D eigenvalue weighted by Gasteiger charge is 2.29. The van der Waals surface area contributed by atoms with Gasteiger partial charge in [-0.15, -0.1) is 0 Å². The summed E-state index contributed by atoms with van der Waals surface area (Å²) in [6.07, 6.45) is 5.23. The highest BCUT2D eigenvalue weighted by Crippen LogP contribution is 2.20. The topological polar surface area (TPSA) is 35.8 Å². The van der Waals surface area contributed by atoms with Crippen LogP contribution in [0, 0.1) is 0 Å². The van der Waals surface area contributed by atoms with E-state index >= 15 is 0 Å². The van der Waals surface area contributed by atoms with E-state index in [0.29, 0.717) is 0 Å². The van der Waals surface area contributed by atoms with Gasteiger partial charge in [0.2, 0.25) is 0 Å². The van der Waals surface area contributed by atoms with E-state index in [1.165, 1.54) is 18.4 Å². The normalized spacial score (nSPS) is 13.4. The molecule has 1 heterocycles. The molecule has 2 aromatic rings. The first-order chi connectivity index (χ1) is 10.3. The number of benzene rings is 2. The molecule has 0 atom stereocenters. The number of hydrazone groups is 1. The van der Waals surface area contributed by atoms with Crippen LogP contribution in [0.25, 0.3) is 0 Å². The molecule has 0 amide bonds. The van der Waals surface area contributed by atoms with Crippen molar-refractivity contribution in [2.75, 3.05) is 4.92 Å². The molecular formula is C17H19BN2O. The van der Waals surface area contributed by atoms with Gasteiger partial charge in [-0.25, -0.2) is 0 Å². The van der Waals surface area contributed by atoms with Gasteiger partial charge in [0.05, 0.1) is 6.21 Å². The van der Waals surface area contributed by atoms with Crippen LogP contribution in [0.1, 0.15) is 30.9 Å². The van der Waals surface area contributed by atoms with Crippen molar-refractivity contribution in [3.8, 4) is 0 Å². The van der Waals surface area contributed by atoms with Gasteiger partial charge in [-0.2, -0.15) is 5.10 Å². The molecule has 3 nitrogen and oxygen atoms in total. The van der Waals surface area contributed by atoms with Crippen LogP contribution in [0.5, 0.6) is 0 Å². The van der Waals surface area contributed by atoms with Gasteiger partial charge in [-0.3, -0.25) is 4.92 Å². The Labute approximate surface area is 126 Å². The van der Waals surface area contributed by atoms with Gasteiger partial charge >= 0.3 is 7.05 Å². The van der Waals surface area contributed by atoms with E-state index in [0.717, 1.165) is 23.1 Å². The lowest BCUT2D eigenvalue weighted by atomic mass is 9.69. The molecule has 0 unspecified atom stereocenters. The van der Waals surface area contributed by atoms with Crippen LogP contribution in [-0.4, -0.2) is 18.3 Å². The molecule has 2 aromatic carbocycles. The zero-order valence-corrected chi connectivity index (χ0v) is 12.2. The van der Waals surface area contributed by atoms with Crippen LogP contribution in [0.2, 0.25) is 0 Å². The molecule has 4 heteroatoms. The summed E-state index contributed by atoms with van der Waals surface area (Å²) in [5.41, 5.74) is 4.09. The molecule has 0 fully saturated rings. The number of rotatable bonds is 4. The highest BCUT2D eigenvalue weighted by molar-refractivity contribution is 6.71. The minimum Gasteiger partial charge on any atom is -0.427 e. The summed E-state index contributed by atoms with van der Waals surface area (Å²) in [7, 11) is -0.729. The lowest BCUT2D eigenvalue weighted by molar-refractivity contribution is 0.578. The Morgan fingerprint density at radius 2 is 2.00 bits per heavy atom. The van der Waals surface area contributed by atoms with E-state index in [4.69, 9.17) is 0 Å². The van der Waals surface area contributed by atoms with E-state index in [-0.39, 0.29) is 0 Å². The van der Waals surface area contributed by atoms with Crippen LogP contribution < -0.4 is 10.4 Å². The first kappa shape index (κ1) is 13.9. The first-order valence-corrected chi connectivity index (χ1v) is 7.48. The summed E-state index contributed by atoms with van der Waals surface area (Å²) in [4.78, 5) is 1.68. The number of nitrogens with zero attached hydrogens (tertiary/aromatic N) is 2. The standard InChI is InChI=1S/C17H19BN2O/c1-2-3-7-14-8-6-10-16(12-14)20-18(21)17-11-5-4-9-15(17)13-19-20/h4-6,8-13,21H,2-3,7H2,1H3. The summed E-state index contributed by atoms with van der Waals surface area (Å²) in [5.74, 6) is 0. The molecule has 106 valence electrons. The minimum atomic E-state index is -0.729. The number of unbranched alkanes of at least 4 members (excludes halogenated alkanes) is 1. The third kappa shape index (κ3) is 2.86. The van der Waals surface area contributed by atoms with E-state index in [1.807, 2.05) is 36.4 Å². The average Bonchev–Trinajstić information content (AvgIpc) is 2.54. The summed E-state index contributed by atoms with van der Waals surface area (Å²) < 4.78 is 0. The Balaban J connectivity index is 1.88. The molecule has 21 heavy (non-hydrogen) atoms. The Morgan fingerprint density at radius 3 is 2.86 bits per heavy atom. The second-order valence-electron chi connectivity index (χ2n) is 5.37. The maximum atomic E-state index is 10.6. The van der Waals surface area contributed by atoms with Crippen LogP contribution in [-0.2, 0) is 6.42 Å². The SMILES string of the molecule is CCCCc1cccc(N2N=Cc3ccccc3B2O)c1. The van der Waals surface area contributed by atoms with E-state index in [9.17, 15) is 5.02 Å². The number of hydrogen-bond donors (Lipinski definition) is 1. The molecule has 0 radical (unpaired) electrons. The third-order valence-electron chi connectivity index (χ3n) is 3.82. The Morgan fingerprint density at radius 1 is 1.14 bits per heavy atom. The number of aryl methyl sites for hydroxylation is 1. The second kappa shape index (κ2) is 6.14. The van der Waals surface area contributed by atoms with Crippen molar-refractivity contribution in [2.24, 2.45) is 5.10 Å². The van der Waals surface area contributed by atoms with Gasteiger partial charge in [-0.1, -0.05) is 49.7 Å². The summed E-state index contributed by atoms with van der Waals surface area (Å²) >= 11 is 0. The molecule has 0 aromatic heterocycles. The lowest BCUT2D eigenvalue weighted by Gasteiger charge is -2.27. The molecule has 0 bridgehead atoms. The Bertz CT molecular complexity index is 657. The summed E-state index contributed by atoms with van der Waals surface area (Å²) in [5, 5.41) is 15.0. The smallest absolute Gasteiger partial charge is 0.427 e. The van der Waals surface area contributed by atoms with E-state index < -0.39 is 7.05 Å². The van der Waals surface area contributed by atoms with Gasteiger partial charge in [0.1, 0.15) is 0 Å². The molecule has 3 rings (SSSR count). The first-order valence-electron chi connectivity index (χ1n) is 7.48. The fourth-order valence-corrected chi connectivity index (χ4v) is 2.63. The molecule has 0 spiro atoms. The van der Waals surface area contributed by atoms with Gasteiger partial charge in [0, 0.05) is 5.69 Å². The van der Waals surface area contributed by atoms with Crippen LogP contribution >= 0.6 is 0 Å². The van der Waals surface area contributed by atoms with Crippen molar-refractivity contribution in [3.05, 3.63) is 59.7 Å². The molecule has 0 aliphatic carbocycles. The average molecular weight is 278 g/mol. The number of hydrogen-bond acceptors (Lipinski definition) is 3. The molecular weight excluding hydrogens is 259 g/mol. The van der Waals surface area contributed by atoms with E-state index in [1.54, 1.807) is 11.1 Å². The second-order valence-corrected chi connectivity index (χ2v) is 5.37. The molecule has 1 N–H and O–H groups in total. The summed E-state index contributed by atoms with van der Waals surface area (Å²) in [6.45, 7) is 2.19. The van der Waals surface area contributed by atoms with Crippen molar-refractivity contribution in [3.63, 3.8) is 0 Å². The fraction of sp³-hybridized carbons (Fsp3) is 0.235. The van der Waals surface area contributed by atoms with Crippen molar-refractivity contribution in [1.82, 2.24) is 0 Å². The van der Waals surface area contributed by atoms with Crippen molar-refractivity contribution in [2.45, 2.75) is 26.2 Å². The number of anilines is 1. The van der Waals surface area contributed by atoms with Gasteiger partial charge in [0.15, 0.2) is 0 Å². The highest BCUT2D eigenvalue weighted by atomic mass is 16.2. The maximum Gasteiger partial charge on any atom is 0.471 e. The maximum absolute atomic E-state index is 10.6. The molecule has 0 saturated carbocycles. The minimum absolute atomic E-state index is 0.729. The zero-order valence-electron chi connectivity index (χ0n) is 12.2. The van der Waals surface area contributed by atoms with Crippen LogP contribution in [0.15, 0.2) is 53.6 Å². The predicted molar refractivity (Wildman–Crippen MR) is 89.2 cm³/mol. The predicted octanol–water partition coefficient (Wildman–Crippen LogP) is 2.57. The van der Waals surface area contributed by atoms with Gasteiger partial charge in [-0.05, 0) is 41.6 Å². The van der Waals surface area contributed by atoms with E-state index in [2.05, 4.69) is 24.2 Å². The fourth-order valence-electron chi connectivity index (χ4n) is 2.63. The lowest BCUT2D eigenvalue weighted by Crippen LogP contribution is -2.50. The van der Waals surface area contributed by atoms with Crippen molar-refractivity contribution < 1.29 is 5.02 Å². The van der Waals surface area contributed by atoms with Gasteiger partial charge < -0.3 is 5.02 Å². The Kier molecular flexibility index (Phi) is 4.07. The van der Waals surface area contributed by atoms with Crippen molar-refractivity contribution >= 4 is 24.4 Å². The molecule has 1 aliphatic rings. The van der Waals surface area contributed by atoms with Crippen LogP contribution in [0.4, 0.5) is 5.69 Å². The molecule has 1 aliphatic heterocycles. The molecule has 0 saturated heterocycles. The van der Waals surface area contributed by atoms with Crippen LogP contribution in [0.3, 0.4) is 0 Å². The largest absolute Gasteiger partial charge is 0.471 e. The Hall–Kier alpha value is -2.07. The zero-order chi connectivity index (χ0) is 14.7. The third-order valence-corrected chi connectivity index (χ3v) is 3.82. The summed E-state index contributed by atoms with van der Waals surface area (Å²) in [6, 6.07) is 16.1. The van der Waals surface area contributed by atoms with Crippen molar-refractivity contribution in [1.29, 1.82) is 0 Å². The van der Waals surface area contributed by atoms with Gasteiger partial charge in [0.25, 0.3) is 0 Å². The number of fused-ring (bicyclic) bond motifs is 1.